The SMILES string of the molecule is CCC(C)[C@H](N)c1ccc(N2CCCC2)cc1.Cl. The van der Waals surface area contributed by atoms with Crippen LogP contribution in [-0.4, -0.2) is 13.1 Å². The fraction of sp³-hybridized carbons (Fsp3) is 0.600. The highest BCUT2D eigenvalue weighted by Gasteiger charge is 2.15. The van der Waals surface area contributed by atoms with Gasteiger partial charge >= 0.3 is 0 Å². The maximum absolute atomic E-state index is 6.24. The average molecular weight is 269 g/mol. The van der Waals surface area contributed by atoms with Gasteiger partial charge in [0.1, 0.15) is 0 Å². The van der Waals surface area contributed by atoms with Gasteiger partial charge in [0.2, 0.25) is 0 Å². The van der Waals surface area contributed by atoms with Crippen LogP contribution in [0.15, 0.2) is 24.3 Å². The highest BCUT2D eigenvalue weighted by atomic mass is 35.5. The molecule has 0 amide bonds. The van der Waals surface area contributed by atoms with Gasteiger partial charge in [0.05, 0.1) is 0 Å². The molecule has 1 aromatic carbocycles. The van der Waals surface area contributed by atoms with E-state index >= 15 is 0 Å². The molecule has 1 unspecified atom stereocenters. The predicted molar refractivity (Wildman–Crippen MR) is 81.5 cm³/mol. The van der Waals surface area contributed by atoms with Crippen LogP contribution in [0.3, 0.4) is 0 Å². The number of anilines is 1. The van der Waals surface area contributed by atoms with Gasteiger partial charge in [-0.05, 0) is 36.5 Å². The van der Waals surface area contributed by atoms with Crippen LogP contribution >= 0.6 is 12.4 Å². The molecule has 1 aliphatic rings. The van der Waals surface area contributed by atoms with Gasteiger partial charge in [-0.1, -0.05) is 32.4 Å². The second kappa shape index (κ2) is 7.01. The fourth-order valence-corrected chi connectivity index (χ4v) is 2.47. The highest BCUT2D eigenvalue weighted by Crippen LogP contribution is 2.25. The summed E-state index contributed by atoms with van der Waals surface area (Å²) in [5.74, 6) is 0.549. The Bertz CT molecular complexity index is 344. The third-order valence-electron chi connectivity index (χ3n) is 4.01. The summed E-state index contributed by atoms with van der Waals surface area (Å²) in [6.45, 7) is 6.83. The molecule has 0 aromatic heterocycles. The Hall–Kier alpha value is -0.730. The minimum Gasteiger partial charge on any atom is -0.372 e. The Labute approximate surface area is 117 Å². The van der Waals surface area contributed by atoms with Crippen LogP contribution in [0.25, 0.3) is 0 Å². The van der Waals surface area contributed by atoms with E-state index in [0.29, 0.717) is 5.92 Å². The maximum atomic E-state index is 6.24. The van der Waals surface area contributed by atoms with Gasteiger partial charge in [0.15, 0.2) is 0 Å². The second-order valence-corrected chi connectivity index (χ2v) is 5.20. The summed E-state index contributed by atoms with van der Waals surface area (Å²) in [6.07, 6.45) is 3.79. The lowest BCUT2D eigenvalue weighted by atomic mass is 9.93. The first kappa shape index (κ1) is 15.3. The van der Waals surface area contributed by atoms with Crippen LogP contribution in [0.2, 0.25) is 0 Å². The number of nitrogens with two attached hydrogens (primary N) is 1. The van der Waals surface area contributed by atoms with E-state index in [-0.39, 0.29) is 18.4 Å². The standard InChI is InChI=1S/C15H24N2.ClH/c1-3-12(2)15(16)13-6-8-14(9-7-13)17-10-4-5-11-17;/h6-9,12,15H,3-5,10-11,16H2,1-2H3;1H/t12?,15-;/m0./s1. The van der Waals surface area contributed by atoms with Gasteiger partial charge in [0.25, 0.3) is 0 Å². The molecule has 2 rings (SSSR count). The minimum absolute atomic E-state index is 0. The van der Waals surface area contributed by atoms with Crippen molar-refractivity contribution in [2.24, 2.45) is 11.7 Å². The normalized spacial score (nSPS) is 18.3. The Kier molecular flexibility index (Phi) is 5.97. The molecule has 1 aromatic rings. The molecule has 0 aliphatic carbocycles. The smallest absolute Gasteiger partial charge is 0.0366 e. The molecule has 2 atom stereocenters. The summed E-state index contributed by atoms with van der Waals surface area (Å²) in [5, 5.41) is 0. The summed E-state index contributed by atoms with van der Waals surface area (Å²) < 4.78 is 0. The van der Waals surface area contributed by atoms with Crippen molar-refractivity contribution in [3.63, 3.8) is 0 Å². The van der Waals surface area contributed by atoms with Crippen molar-refractivity contribution in [2.45, 2.75) is 39.2 Å². The van der Waals surface area contributed by atoms with Crippen molar-refractivity contribution < 1.29 is 0 Å². The van der Waals surface area contributed by atoms with E-state index in [1.54, 1.807) is 0 Å². The van der Waals surface area contributed by atoms with E-state index in [0.717, 1.165) is 6.42 Å². The molecule has 1 saturated heterocycles. The molecule has 0 bridgehead atoms. The van der Waals surface area contributed by atoms with E-state index in [4.69, 9.17) is 5.73 Å². The molecular weight excluding hydrogens is 244 g/mol. The first-order valence-corrected chi connectivity index (χ1v) is 6.83. The number of nitrogens with zero attached hydrogens (tertiary/aromatic N) is 1. The van der Waals surface area contributed by atoms with Crippen molar-refractivity contribution in [3.05, 3.63) is 29.8 Å². The average Bonchev–Trinajstić information content (AvgIpc) is 2.91. The quantitative estimate of drug-likeness (QED) is 0.901. The Morgan fingerprint density at radius 3 is 2.22 bits per heavy atom. The van der Waals surface area contributed by atoms with Crippen molar-refractivity contribution in [1.82, 2.24) is 0 Å². The zero-order valence-corrected chi connectivity index (χ0v) is 12.2. The second-order valence-electron chi connectivity index (χ2n) is 5.20. The summed E-state index contributed by atoms with van der Waals surface area (Å²) in [4.78, 5) is 2.46. The van der Waals surface area contributed by atoms with Crippen LogP contribution in [-0.2, 0) is 0 Å². The summed E-state index contributed by atoms with van der Waals surface area (Å²) >= 11 is 0. The van der Waals surface area contributed by atoms with E-state index in [1.807, 2.05) is 0 Å². The maximum Gasteiger partial charge on any atom is 0.0366 e. The monoisotopic (exact) mass is 268 g/mol. The highest BCUT2D eigenvalue weighted by molar-refractivity contribution is 5.85. The number of hydrogen-bond acceptors (Lipinski definition) is 2. The van der Waals surface area contributed by atoms with Gasteiger partial charge in [0, 0.05) is 24.8 Å². The Balaban J connectivity index is 0.00000162. The molecule has 18 heavy (non-hydrogen) atoms. The molecule has 2 N–H and O–H groups in total. The third kappa shape index (κ3) is 3.39. The largest absolute Gasteiger partial charge is 0.372 e. The summed E-state index contributed by atoms with van der Waals surface area (Å²) in [6, 6.07) is 9.02. The third-order valence-corrected chi connectivity index (χ3v) is 4.01. The van der Waals surface area contributed by atoms with E-state index in [9.17, 15) is 0 Å². The van der Waals surface area contributed by atoms with Crippen molar-refractivity contribution >= 4 is 18.1 Å². The molecule has 1 heterocycles. The Morgan fingerprint density at radius 1 is 1.17 bits per heavy atom. The fourth-order valence-electron chi connectivity index (χ4n) is 2.47. The van der Waals surface area contributed by atoms with Gasteiger partial charge in [-0.25, -0.2) is 0 Å². The van der Waals surface area contributed by atoms with E-state index in [2.05, 4.69) is 43.0 Å². The lowest BCUT2D eigenvalue weighted by Gasteiger charge is -2.21. The number of halogens is 1. The number of hydrogen-bond donors (Lipinski definition) is 1. The topological polar surface area (TPSA) is 29.3 Å². The molecular formula is C15H25ClN2. The van der Waals surface area contributed by atoms with E-state index < -0.39 is 0 Å². The van der Waals surface area contributed by atoms with Gasteiger partial charge < -0.3 is 10.6 Å². The number of benzene rings is 1. The predicted octanol–water partition coefficient (Wildman–Crippen LogP) is 3.75. The minimum atomic E-state index is 0. The lowest BCUT2D eigenvalue weighted by molar-refractivity contribution is 0.457. The van der Waals surface area contributed by atoms with Crippen LogP contribution in [0.5, 0.6) is 0 Å². The molecule has 1 fully saturated rings. The molecule has 0 spiro atoms. The molecule has 102 valence electrons. The zero-order valence-electron chi connectivity index (χ0n) is 11.4. The molecule has 3 heteroatoms. The van der Waals surface area contributed by atoms with Crippen LogP contribution in [0.1, 0.15) is 44.7 Å². The van der Waals surface area contributed by atoms with E-state index in [1.165, 1.54) is 37.2 Å². The first-order valence-electron chi connectivity index (χ1n) is 6.83. The Morgan fingerprint density at radius 2 is 1.72 bits per heavy atom. The van der Waals surface area contributed by atoms with Crippen LogP contribution in [0.4, 0.5) is 5.69 Å². The van der Waals surface area contributed by atoms with Crippen LogP contribution in [0, 0.1) is 5.92 Å². The van der Waals surface area contributed by atoms with Gasteiger partial charge in [-0.15, -0.1) is 12.4 Å². The number of rotatable bonds is 4. The van der Waals surface area contributed by atoms with Gasteiger partial charge in [-0.2, -0.15) is 0 Å². The summed E-state index contributed by atoms with van der Waals surface area (Å²) in [7, 11) is 0. The molecule has 0 radical (unpaired) electrons. The van der Waals surface area contributed by atoms with Crippen LogP contribution < -0.4 is 10.6 Å². The zero-order chi connectivity index (χ0) is 12.3. The van der Waals surface area contributed by atoms with Crippen molar-refractivity contribution in [2.75, 3.05) is 18.0 Å². The van der Waals surface area contributed by atoms with Crippen molar-refractivity contribution in [1.29, 1.82) is 0 Å². The van der Waals surface area contributed by atoms with Gasteiger partial charge in [-0.3, -0.25) is 0 Å². The molecule has 1 aliphatic heterocycles. The van der Waals surface area contributed by atoms with Crippen molar-refractivity contribution in [3.8, 4) is 0 Å². The molecule has 2 nitrogen and oxygen atoms in total. The molecule has 0 saturated carbocycles. The first-order chi connectivity index (χ1) is 8.22. The lowest BCUT2D eigenvalue weighted by Crippen LogP contribution is -2.20. The summed E-state index contributed by atoms with van der Waals surface area (Å²) in [5.41, 5.74) is 8.85.